The Morgan fingerprint density at radius 1 is 1.19 bits per heavy atom. The molecule has 1 aliphatic heterocycles. The average molecular weight is 488 g/mol. The minimum atomic E-state index is -0.218. The number of nitrogens with zero attached hydrogens (tertiary/aromatic N) is 2. The van der Waals surface area contributed by atoms with Crippen LogP contribution >= 0.6 is 24.0 Å². The fourth-order valence-corrected chi connectivity index (χ4v) is 2.96. The molecule has 0 spiro atoms. The first-order valence-electron chi connectivity index (χ1n) is 9.84. The maximum absolute atomic E-state index is 5.46. The molecule has 0 radical (unpaired) electrons. The summed E-state index contributed by atoms with van der Waals surface area (Å²) in [4.78, 5) is 7.19. The van der Waals surface area contributed by atoms with Gasteiger partial charge in [-0.3, -0.25) is 0 Å². The predicted molar refractivity (Wildman–Crippen MR) is 126 cm³/mol. The molecule has 0 aliphatic carbocycles. The zero-order valence-electron chi connectivity index (χ0n) is 17.5. The van der Waals surface area contributed by atoms with Gasteiger partial charge in [-0.25, -0.2) is 4.99 Å². The van der Waals surface area contributed by atoms with Crippen molar-refractivity contribution in [3.05, 3.63) is 29.8 Å². The van der Waals surface area contributed by atoms with E-state index < -0.39 is 0 Å². The van der Waals surface area contributed by atoms with Crippen molar-refractivity contribution in [3.8, 4) is 0 Å². The van der Waals surface area contributed by atoms with Crippen LogP contribution in [0.5, 0.6) is 0 Å². The molecule has 1 heterocycles. The SMILES string of the molecule is CCNC(=NCc1ccc(N2CCC(C)CC2)cc1)NCC(C)(C)OC.I. The Kier molecular flexibility index (Phi) is 10.4. The van der Waals surface area contributed by atoms with E-state index in [2.05, 4.69) is 67.5 Å². The third-order valence-corrected chi connectivity index (χ3v) is 5.08. The van der Waals surface area contributed by atoms with Gasteiger partial charge in [-0.15, -0.1) is 24.0 Å². The highest BCUT2D eigenvalue weighted by Gasteiger charge is 2.17. The highest BCUT2D eigenvalue weighted by Crippen LogP contribution is 2.23. The summed E-state index contributed by atoms with van der Waals surface area (Å²) in [6.45, 7) is 13.1. The average Bonchev–Trinajstić information content (AvgIpc) is 2.65. The van der Waals surface area contributed by atoms with Gasteiger partial charge in [-0.2, -0.15) is 0 Å². The number of aliphatic imine (C=N–C) groups is 1. The molecule has 6 heteroatoms. The van der Waals surface area contributed by atoms with E-state index in [9.17, 15) is 0 Å². The lowest BCUT2D eigenvalue weighted by molar-refractivity contribution is 0.0268. The number of piperidine rings is 1. The molecule has 5 nitrogen and oxygen atoms in total. The van der Waals surface area contributed by atoms with Gasteiger partial charge in [-0.1, -0.05) is 19.1 Å². The number of methoxy groups -OCH3 is 1. The lowest BCUT2D eigenvalue weighted by Crippen LogP contribution is -2.45. The Labute approximate surface area is 182 Å². The van der Waals surface area contributed by atoms with Crippen molar-refractivity contribution in [2.45, 2.75) is 52.7 Å². The zero-order chi connectivity index (χ0) is 19.0. The summed E-state index contributed by atoms with van der Waals surface area (Å²) in [7, 11) is 1.73. The number of rotatable bonds is 7. The molecule has 1 fully saturated rings. The van der Waals surface area contributed by atoms with Gasteiger partial charge in [0.25, 0.3) is 0 Å². The molecule has 0 aromatic heterocycles. The summed E-state index contributed by atoms with van der Waals surface area (Å²) < 4.78 is 5.46. The fraction of sp³-hybridized carbons (Fsp3) is 0.667. The second-order valence-electron chi connectivity index (χ2n) is 7.85. The van der Waals surface area contributed by atoms with Gasteiger partial charge in [0.1, 0.15) is 0 Å². The van der Waals surface area contributed by atoms with Crippen molar-refractivity contribution in [3.63, 3.8) is 0 Å². The summed E-state index contributed by atoms with van der Waals surface area (Å²) >= 11 is 0. The number of ether oxygens (including phenoxy) is 1. The van der Waals surface area contributed by atoms with E-state index in [1.54, 1.807) is 7.11 Å². The maximum atomic E-state index is 5.46. The first-order valence-corrected chi connectivity index (χ1v) is 9.84. The monoisotopic (exact) mass is 488 g/mol. The van der Waals surface area contributed by atoms with E-state index in [-0.39, 0.29) is 29.6 Å². The summed E-state index contributed by atoms with van der Waals surface area (Å²) in [5, 5.41) is 6.65. The summed E-state index contributed by atoms with van der Waals surface area (Å²) in [5.74, 6) is 1.69. The van der Waals surface area contributed by atoms with E-state index in [1.165, 1.54) is 37.2 Å². The molecule has 0 unspecified atom stereocenters. The van der Waals surface area contributed by atoms with Crippen molar-refractivity contribution in [1.29, 1.82) is 0 Å². The smallest absolute Gasteiger partial charge is 0.191 e. The number of hydrogen-bond acceptors (Lipinski definition) is 3. The Hall–Kier alpha value is -1.02. The second kappa shape index (κ2) is 11.7. The third kappa shape index (κ3) is 8.25. The van der Waals surface area contributed by atoms with Crippen LogP contribution in [0.1, 0.15) is 46.1 Å². The molecule has 1 aromatic carbocycles. The topological polar surface area (TPSA) is 48.9 Å². The standard InChI is InChI=1S/C21H36N4O.HI/c1-6-22-20(24-16-21(3,4)26-5)23-15-18-7-9-19(10-8-18)25-13-11-17(2)12-14-25;/h7-10,17H,6,11-16H2,1-5H3,(H2,22,23,24);1H. The Morgan fingerprint density at radius 3 is 2.37 bits per heavy atom. The van der Waals surface area contributed by atoms with Gasteiger partial charge in [0.15, 0.2) is 5.96 Å². The van der Waals surface area contributed by atoms with E-state index in [4.69, 9.17) is 9.73 Å². The highest BCUT2D eigenvalue weighted by molar-refractivity contribution is 14.0. The van der Waals surface area contributed by atoms with Crippen LogP contribution in [-0.2, 0) is 11.3 Å². The van der Waals surface area contributed by atoms with Gasteiger partial charge in [-0.05, 0) is 57.2 Å². The molecular formula is C21H37IN4O. The molecular weight excluding hydrogens is 451 g/mol. The third-order valence-electron chi connectivity index (χ3n) is 5.08. The van der Waals surface area contributed by atoms with E-state index in [0.29, 0.717) is 13.1 Å². The van der Waals surface area contributed by atoms with E-state index in [0.717, 1.165) is 18.4 Å². The maximum Gasteiger partial charge on any atom is 0.191 e. The molecule has 0 saturated carbocycles. The summed E-state index contributed by atoms with van der Waals surface area (Å²) in [6, 6.07) is 8.85. The van der Waals surface area contributed by atoms with Crippen LogP contribution in [0.15, 0.2) is 29.3 Å². The number of hydrogen-bond donors (Lipinski definition) is 2. The van der Waals surface area contributed by atoms with Crippen LogP contribution in [0.4, 0.5) is 5.69 Å². The lowest BCUT2D eigenvalue weighted by Gasteiger charge is -2.32. The van der Waals surface area contributed by atoms with Crippen molar-refractivity contribution < 1.29 is 4.74 Å². The number of anilines is 1. The second-order valence-corrected chi connectivity index (χ2v) is 7.85. The molecule has 0 amide bonds. The van der Waals surface area contributed by atoms with Crippen LogP contribution in [0, 0.1) is 5.92 Å². The molecule has 1 aromatic rings. The molecule has 2 rings (SSSR count). The van der Waals surface area contributed by atoms with Crippen molar-refractivity contribution in [2.24, 2.45) is 10.9 Å². The normalized spacial score (nSPS) is 16.0. The fourth-order valence-electron chi connectivity index (χ4n) is 2.96. The lowest BCUT2D eigenvalue weighted by atomic mass is 9.99. The molecule has 154 valence electrons. The van der Waals surface area contributed by atoms with Crippen molar-refractivity contribution in [1.82, 2.24) is 10.6 Å². The van der Waals surface area contributed by atoms with Gasteiger partial charge in [0, 0.05) is 39.0 Å². The first kappa shape index (κ1) is 24.0. The van der Waals surface area contributed by atoms with Crippen LogP contribution in [-0.4, -0.2) is 44.8 Å². The largest absolute Gasteiger partial charge is 0.377 e. The van der Waals surface area contributed by atoms with Gasteiger partial charge in [0.2, 0.25) is 0 Å². The quantitative estimate of drug-likeness (QED) is 0.346. The van der Waals surface area contributed by atoms with Crippen LogP contribution < -0.4 is 15.5 Å². The van der Waals surface area contributed by atoms with E-state index in [1.807, 2.05) is 0 Å². The molecule has 1 saturated heterocycles. The molecule has 1 aliphatic rings. The highest BCUT2D eigenvalue weighted by atomic mass is 127. The molecule has 2 N–H and O–H groups in total. The summed E-state index contributed by atoms with van der Waals surface area (Å²) in [6.07, 6.45) is 2.59. The van der Waals surface area contributed by atoms with Gasteiger partial charge >= 0.3 is 0 Å². The zero-order valence-corrected chi connectivity index (χ0v) is 19.9. The van der Waals surface area contributed by atoms with Crippen LogP contribution in [0.3, 0.4) is 0 Å². The Morgan fingerprint density at radius 2 is 1.81 bits per heavy atom. The first-order chi connectivity index (χ1) is 12.4. The molecule has 0 bridgehead atoms. The molecule has 0 atom stereocenters. The van der Waals surface area contributed by atoms with Gasteiger partial charge in [0.05, 0.1) is 12.1 Å². The van der Waals surface area contributed by atoms with E-state index >= 15 is 0 Å². The number of guanidine groups is 1. The summed E-state index contributed by atoms with van der Waals surface area (Å²) in [5.41, 5.74) is 2.34. The minimum Gasteiger partial charge on any atom is -0.377 e. The predicted octanol–water partition coefficient (Wildman–Crippen LogP) is 4.02. The van der Waals surface area contributed by atoms with Crippen molar-refractivity contribution in [2.75, 3.05) is 38.2 Å². The van der Waals surface area contributed by atoms with Gasteiger partial charge < -0.3 is 20.3 Å². The molecule has 27 heavy (non-hydrogen) atoms. The van der Waals surface area contributed by atoms with Crippen LogP contribution in [0.25, 0.3) is 0 Å². The van der Waals surface area contributed by atoms with Crippen molar-refractivity contribution >= 4 is 35.6 Å². The Balaban J connectivity index is 0.00000364. The number of benzene rings is 1. The Bertz CT molecular complexity index is 566. The van der Waals surface area contributed by atoms with Crippen LogP contribution in [0.2, 0.25) is 0 Å². The number of nitrogens with one attached hydrogen (secondary N) is 2. The number of halogens is 1. The minimum absolute atomic E-state index is 0.